The van der Waals surface area contributed by atoms with Gasteiger partial charge in [-0.2, -0.15) is 0 Å². The van der Waals surface area contributed by atoms with E-state index in [1.165, 1.54) is 64.2 Å². The number of quaternary nitrogens is 1. The number of carbonyl (C=O) groups excluding carboxylic acids is 1. The minimum absolute atomic E-state index is 0.0732. The van der Waals surface area contributed by atoms with Crippen LogP contribution in [0.25, 0.3) is 0 Å². The van der Waals surface area contributed by atoms with Gasteiger partial charge in [0.2, 0.25) is 0 Å². The van der Waals surface area contributed by atoms with Crippen LogP contribution in [0.3, 0.4) is 0 Å². The molecule has 0 heterocycles. The second kappa shape index (κ2) is 11.3. The highest BCUT2D eigenvalue weighted by Crippen LogP contribution is 2.66. The SMILES string of the molecule is CCCCCCCCCCOC(=O)C[N+](C)(C)CCO[C@@H]1C[C@H]2CC[C@]1(C)C2(C)C. The van der Waals surface area contributed by atoms with Gasteiger partial charge in [0, 0.05) is 0 Å². The molecule has 2 aliphatic rings. The van der Waals surface area contributed by atoms with Gasteiger partial charge in [0.1, 0.15) is 6.54 Å². The van der Waals surface area contributed by atoms with E-state index >= 15 is 0 Å². The smallest absolute Gasteiger partial charge is 0.361 e. The molecule has 0 N–H and O–H groups in total. The van der Waals surface area contributed by atoms with Gasteiger partial charge >= 0.3 is 5.97 Å². The van der Waals surface area contributed by atoms with Gasteiger partial charge in [0.15, 0.2) is 6.54 Å². The van der Waals surface area contributed by atoms with Crippen molar-refractivity contribution in [3.63, 3.8) is 0 Å². The molecule has 0 spiro atoms. The van der Waals surface area contributed by atoms with E-state index < -0.39 is 0 Å². The van der Waals surface area contributed by atoms with Crippen LogP contribution in [-0.4, -0.2) is 57.0 Å². The molecule has 176 valence electrons. The molecule has 2 aliphatic carbocycles. The number of fused-ring (bicyclic) bond motifs is 2. The molecule has 0 unspecified atom stereocenters. The Labute approximate surface area is 186 Å². The predicted octanol–water partition coefficient (Wildman–Crippen LogP) is 5.98. The van der Waals surface area contributed by atoms with E-state index in [1.54, 1.807) is 0 Å². The number of carbonyl (C=O) groups is 1. The zero-order valence-electron chi connectivity index (χ0n) is 20.9. The molecule has 0 saturated heterocycles. The summed E-state index contributed by atoms with van der Waals surface area (Å²) in [6.07, 6.45) is 14.3. The Morgan fingerprint density at radius 2 is 1.60 bits per heavy atom. The molecule has 0 aromatic rings. The van der Waals surface area contributed by atoms with Crippen molar-refractivity contribution in [3.05, 3.63) is 0 Å². The number of esters is 1. The molecule has 0 radical (unpaired) electrons. The van der Waals surface area contributed by atoms with E-state index in [2.05, 4.69) is 41.8 Å². The van der Waals surface area contributed by atoms with E-state index in [9.17, 15) is 4.79 Å². The summed E-state index contributed by atoms with van der Waals surface area (Å²) in [5.41, 5.74) is 0.699. The van der Waals surface area contributed by atoms with Crippen LogP contribution < -0.4 is 0 Å². The molecular formula is C26H50NO3+. The summed E-state index contributed by atoms with van der Waals surface area (Å²) in [4.78, 5) is 12.2. The average molecular weight is 425 g/mol. The topological polar surface area (TPSA) is 35.5 Å². The Bertz CT molecular complexity index is 530. The number of hydrogen-bond acceptors (Lipinski definition) is 3. The lowest BCUT2D eigenvalue weighted by Crippen LogP contribution is -2.47. The Kier molecular flexibility index (Phi) is 9.67. The first-order valence-corrected chi connectivity index (χ1v) is 12.7. The van der Waals surface area contributed by atoms with Crippen LogP contribution in [0.4, 0.5) is 0 Å². The van der Waals surface area contributed by atoms with Crippen molar-refractivity contribution in [2.24, 2.45) is 16.7 Å². The molecule has 0 aliphatic heterocycles. The minimum Gasteiger partial charge on any atom is -0.462 e. The van der Waals surface area contributed by atoms with Gasteiger partial charge in [-0.05, 0) is 42.4 Å². The van der Waals surface area contributed by atoms with E-state index in [1.807, 2.05) is 0 Å². The van der Waals surface area contributed by atoms with Crippen LogP contribution in [0, 0.1) is 16.7 Å². The zero-order valence-corrected chi connectivity index (χ0v) is 20.9. The first-order valence-electron chi connectivity index (χ1n) is 12.7. The van der Waals surface area contributed by atoms with Gasteiger partial charge in [-0.3, -0.25) is 0 Å². The first kappa shape index (κ1) is 25.6. The standard InChI is InChI=1S/C26H50NO3/c1-7-8-9-10-11-12-13-14-18-30-24(28)21-27(5,6)17-19-29-23-20-22-15-16-26(23,4)25(22,2)3/h22-23H,7-21H2,1-6H3/q+1/t22-,23-,26+/m1/s1. The molecule has 2 rings (SSSR count). The van der Waals surface area contributed by atoms with Crippen LogP contribution in [0.5, 0.6) is 0 Å². The van der Waals surface area contributed by atoms with Gasteiger partial charge in [-0.15, -0.1) is 0 Å². The molecule has 0 aromatic carbocycles. The van der Waals surface area contributed by atoms with Crippen LogP contribution in [0.15, 0.2) is 0 Å². The van der Waals surface area contributed by atoms with Gasteiger partial charge in [-0.25, -0.2) is 4.79 Å². The van der Waals surface area contributed by atoms with Crippen molar-refractivity contribution in [2.45, 2.75) is 104 Å². The lowest BCUT2D eigenvalue weighted by Gasteiger charge is -2.39. The maximum Gasteiger partial charge on any atom is 0.361 e. The first-order chi connectivity index (χ1) is 14.1. The minimum atomic E-state index is -0.0732. The Morgan fingerprint density at radius 3 is 2.17 bits per heavy atom. The number of rotatable bonds is 15. The average Bonchev–Trinajstić information content (AvgIpc) is 2.99. The highest BCUT2D eigenvalue weighted by atomic mass is 16.5. The highest BCUT2D eigenvalue weighted by Gasteiger charge is 2.61. The number of ether oxygens (including phenoxy) is 2. The predicted molar refractivity (Wildman–Crippen MR) is 124 cm³/mol. The van der Waals surface area contributed by atoms with Crippen molar-refractivity contribution in [2.75, 3.05) is 40.4 Å². The monoisotopic (exact) mass is 424 g/mol. The van der Waals surface area contributed by atoms with E-state index in [-0.39, 0.29) is 5.97 Å². The van der Waals surface area contributed by atoms with Crippen molar-refractivity contribution >= 4 is 5.97 Å². The second-order valence-electron chi connectivity index (χ2n) is 11.5. The number of unbranched alkanes of at least 4 members (excludes halogenated alkanes) is 7. The molecule has 30 heavy (non-hydrogen) atoms. The third-order valence-electron chi connectivity index (χ3n) is 8.55. The largest absolute Gasteiger partial charge is 0.462 e. The van der Waals surface area contributed by atoms with E-state index in [0.717, 1.165) is 25.5 Å². The van der Waals surface area contributed by atoms with Gasteiger partial charge in [0.25, 0.3) is 0 Å². The van der Waals surface area contributed by atoms with Crippen molar-refractivity contribution in [1.82, 2.24) is 0 Å². The summed E-state index contributed by atoms with van der Waals surface area (Å²) in [5.74, 6) is 0.734. The van der Waals surface area contributed by atoms with E-state index in [4.69, 9.17) is 9.47 Å². The fourth-order valence-corrected chi connectivity index (χ4v) is 5.72. The van der Waals surface area contributed by atoms with Gasteiger partial charge < -0.3 is 14.0 Å². The molecule has 3 atom stereocenters. The zero-order chi connectivity index (χ0) is 22.3. The third kappa shape index (κ3) is 6.69. The maximum atomic E-state index is 12.2. The highest BCUT2D eigenvalue weighted by molar-refractivity contribution is 5.70. The molecule has 2 bridgehead atoms. The Hall–Kier alpha value is -0.610. The van der Waals surface area contributed by atoms with Crippen LogP contribution in [-0.2, 0) is 14.3 Å². The molecule has 4 nitrogen and oxygen atoms in total. The fraction of sp³-hybridized carbons (Fsp3) is 0.962. The number of nitrogens with zero attached hydrogens (tertiary/aromatic N) is 1. The summed E-state index contributed by atoms with van der Waals surface area (Å²) < 4.78 is 12.5. The van der Waals surface area contributed by atoms with E-state index in [0.29, 0.717) is 34.6 Å². The molecule has 4 heteroatoms. The van der Waals surface area contributed by atoms with Crippen molar-refractivity contribution in [3.8, 4) is 0 Å². The lowest BCUT2D eigenvalue weighted by atomic mass is 9.70. The quantitative estimate of drug-likeness (QED) is 0.184. The van der Waals surface area contributed by atoms with Crippen LogP contribution in [0.1, 0.15) is 98.3 Å². The maximum absolute atomic E-state index is 12.2. The van der Waals surface area contributed by atoms with Crippen LogP contribution in [0.2, 0.25) is 0 Å². The van der Waals surface area contributed by atoms with Crippen molar-refractivity contribution in [1.29, 1.82) is 0 Å². The summed E-state index contributed by atoms with van der Waals surface area (Å²) in [5, 5.41) is 0. The number of hydrogen-bond donors (Lipinski definition) is 0. The number of likely N-dealkylation sites (N-methyl/N-ethyl adjacent to an activating group) is 1. The Morgan fingerprint density at radius 1 is 0.967 bits per heavy atom. The lowest BCUT2D eigenvalue weighted by molar-refractivity contribution is -0.883. The second-order valence-corrected chi connectivity index (χ2v) is 11.5. The molecular weight excluding hydrogens is 374 g/mol. The summed E-state index contributed by atoms with van der Waals surface area (Å²) in [6, 6.07) is 0. The summed E-state index contributed by atoms with van der Waals surface area (Å²) >= 11 is 0. The fourth-order valence-electron chi connectivity index (χ4n) is 5.72. The molecule has 0 aromatic heterocycles. The molecule has 2 fully saturated rings. The summed E-state index contributed by atoms with van der Waals surface area (Å²) in [7, 11) is 4.21. The Balaban J connectivity index is 1.55. The van der Waals surface area contributed by atoms with Crippen LogP contribution >= 0.6 is 0 Å². The molecule has 2 saturated carbocycles. The summed E-state index contributed by atoms with van der Waals surface area (Å²) in [6.45, 7) is 12.1. The van der Waals surface area contributed by atoms with Gasteiger partial charge in [0.05, 0.1) is 33.4 Å². The molecule has 0 amide bonds. The van der Waals surface area contributed by atoms with Gasteiger partial charge in [-0.1, -0.05) is 72.6 Å². The van der Waals surface area contributed by atoms with Crippen molar-refractivity contribution < 1.29 is 18.8 Å². The third-order valence-corrected chi connectivity index (χ3v) is 8.55. The normalized spacial score (nSPS) is 27.5.